The van der Waals surface area contributed by atoms with E-state index in [1.165, 1.54) is 12.1 Å². The zero-order valence-electron chi connectivity index (χ0n) is 9.17. The topological polar surface area (TPSA) is 44.3 Å². The van der Waals surface area contributed by atoms with Crippen molar-refractivity contribution >= 4 is 0 Å². The van der Waals surface area contributed by atoms with E-state index in [9.17, 15) is 4.39 Å². The van der Waals surface area contributed by atoms with Crippen molar-refractivity contribution in [2.24, 2.45) is 0 Å². The third-order valence-electron chi connectivity index (χ3n) is 2.90. The number of halogens is 1. The molecule has 0 bridgehead atoms. The number of aliphatic hydroxyl groups is 1. The van der Waals surface area contributed by atoms with Crippen molar-refractivity contribution in [3.8, 4) is 0 Å². The second kappa shape index (κ2) is 5.39. The van der Waals surface area contributed by atoms with Crippen molar-refractivity contribution in [2.45, 2.75) is 12.5 Å². The average molecular weight is 224 g/mol. The maximum Gasteiger partial charge on any atom is 0.123 e. The lowest BCUT2D eigenvalue weighted by atomic mass is 9.97. The summed E-state index contributed by atoms with van der Waals surface area (Å²) in [5.41, 5.74) is 1.98. The summed E-state index contributed by atoms with van der Waals surface area (Å²) in [6.45, 7) is 2.79. The average Bonchev–Trinajstić information content (AvgIpc) is 2.31. The van der Waals surface area contributed by atoms with Crippen LogP contribution in [0, 0.1) is 5.82 Å². The van der Waals surface area contributed by atoms with Gasteiger partial charge in [-0.2, -0.15) is 0 Å². The molecule has 1 heterocycles. The van der Waals surface area contributed by atoms with Gasteiger partial charge in [-0.1, -0.05) is 6.07 Å². The normalized spacial score (nSPS) is 21.0. The van der Waals surface area contributed by atoms with Crippen LogP contribution in [-0.4, -0.2) is 31.3 Å². The van der Waals surface area contributed by atoms with E-state index in [1.807, 2.05) is 6.07 Å². The van der Waals surface area contributed by atoms with Gasteiger partial charge in [-0.15, -0.1) is 0 Å². The Kier molecular flexibility index (Phi) is 3.88. The molecule has 0 saturated carbocycles. The van der Waals surface area contributed by atoms with E-state index in [-0.39, 0.29) is 18.5 Å². The summed E-state index contributed by atoms with van der Waals surface area (Å²) in [5, 5.41) is 15.7. The highest BCUT2D eigenvalue weighted by atomic mass is 19.1. The Morgan fingerprint density at radius 1 is 1.38 bits per heavy atom. The molecule has 0 amide bonds. The van der Waals surface area contributed by atoms with Gasteiger partial charge in [0.2, 0.25) is 0 Å². The van der Waals surface area contributed by atoms with Crippen LogP contribution in [0.25, 0.3) is 0 Å². The highest BCUT2D eigenvalue weighted by Crippen LogP contribution is 2.20. The number of aliphatic hydroxyl groups excluding tert-OH is 1. The van der Waals surface area contributed by atoms with Gasteiger partial charge in [-0.3, -0.25) is 0 Å². The Morgan fingerprint density at radius 3 is 2.94 bits per heavy atom. The van der Waals surface area contributed by atoms with E-state index >= 15 is 0 Å². The quantitative estimate of drug-likeness (QED) is 0.704. The van der Waals surface area contributed by atoms with Crippen molar-refractivity contribution in [3.05, 3.63) is 35.1 Å². The van der Waals surface area contributed by atoms with Gasteiger partial charge in [0.1, 0.15) is 5.82 Å². The Labute approximate surface area is 94.7 Å². The minimum Gasteiger partial charge on any atom is -0.396 e. The summed E-state index contributed by atoms with van der Waals surface area (Å²) in [5.74, 6) is -0.240. The molecule has 1 aromatic rings. The van der Waals surface area contributed by atoms with E-state index in [1.54, 1.807) is 0 Å². The third-order valence-corrected chi connectivity index (χ3v) is 2.90. The first kappa shape index (κ1) is 11.5. The molecular weight excluding hydrogens is 207 g/mol. The molecular formula is C12H17FN2O. The van der Waals surface area contributed by atoms with Crippen LogP contribution in [0.4, 0.5) is 4.39 Å². The van der Waals surface area contributed by atoms with Gasteiger partial charge in [0.15, 0.2) is 0 Å². The molecule has 88 valence electrons. The third kappa shape index (κ3) is 2.58. The van der Waals surface area contributed by atoms with Crippen LogP contribution in [0.5, 0.6) is 0 Å². The summed E-state index contributed by atoms with van der Waals surface area (Å²) in [7, 11) is 0. The number of piperazine rings is 1. The van der Waals surface area contributed by atoms with Gasteiger partial charge in [-0.05, 0) is 29.7 Å². The number of nitrogens with one attached hydrogen (secondary N) is 2. The summed E-state index contributed by atoms with van der Waals surface area (Å²) < 4.78 is 13.1. The predicted octanol–water partition coefficient (Wildman–Crippen LogP) is 0.594. The second-order valence-electron chi connectivity index (χ2n) is 4.03. The monoisotopic (exact) mass is 224 g/mol. The Balaban J connectivity index is 2.23. The molecule has 1 atom stereocenters. The Morgan fingerprint density at radius 2 is 2.25 bits per heavy atom. The number of benzene rings is 1. The van der Waals surface area contributed by atoms with E-state index in [2.05, 4.69) is 10.6 Å². The van der Waals surface area contributed by atoms with Gasteiger partial charge in [-0.25, -0.2) is 4.39 Å². The number of rotatable bonds is 3. The zero-order valence-corrected chi connectivity index (χ0v) is 9.17. The maximum absolute atomic E-state index is 13.1. The standard InChI is InChI=1S/C12H17FN2O/c13-10-1-2-11(9(7-10)3-6-16)12-8-14-4-5-15-12/h1-2,7,12,14-16H,3-6,8H2. The van der Waals surface area contributed by atoms with Crippen LogP contribution in [0.2, 0.25) is 0 Å². The molecule has 0 aliphatic carbocycles. The molecule has 1 aliphatic rings. The molecule has 1 unspecified atom stereocenters. The molecule has 4 heteroatoms. The largest absolute Gasteiger partial charge is 0.396 e. The molecule has 0 radical (unpaired) electrons. The lowest BCUT2D eigenvalue weighted by Crippen LogP contribution is -2.43. The molecule has 0 aromatic heterocycles. The van der Waals surface area contributed by atoms with Crippen LogP contribution < -0.4 is 10.6 Å². The van der Waals surface area contributed by atoms with E-state index in [4.69, 9.17) is 5.11 Å². The first-order chi connectivity index (χ1) is 7.81. The summed E-state index contributed by atoms with van der Waals surface area (Å²) in [6, 6.07) is 5.02. The van der Waals surface area contributed by atoms with Crippen molar-refractivity contribution in [1.82, 2.24) is 10.6 Å². The summed E-state index contributed by atoms with van der Waals surface area (Å²) >= 11 is 0. The van der Waals surface area contributed by atoms with Crippen LogP contribution in [0.1, 0.15) is 17.2 Å². The molecule has 3 nitrogen and oxygen atoms in total. The number of hydrogen-bond acceptors (Lipinski definition) is 3. The smallest absolute Gasteiger partial charge is 0.123 e. The lowest BCUT2D eigenvalue weighted by molar-refractivity contribution is 0.298. The highest BCUT2D eigenvalue weighted by molar-refractivity contribution is 5.31. The van der Waals surface area contributed by atoms with Gasteiger partial charge in [0.05, 0.1) is 0 Å². The van der Waals surface area contributed by atoms with Gasteiger partial charge in [0.25, 0.3) is 0 Å². The van der Waals surface area contributed by atoms with E-state index < -0.39 is 0 Å². The van der Waals surface area contributed by atoms with Crippen LogP contribution in [0.3, 0.4) is 0 Å². The van der Waals surface area contributed by atoms with Crippen molar-refractivity contribution in [3.63, 3.8) is 0 Å². The molecule has 1 aliphatic heterocycles. The molecule has 1 aromatic carbocycles. The predicted molar refractivity (Wildman–Crippen MR) is 60.8 cm³/mol. The minimum atomic E-state index is -0.240. The molecule has 3 N–H and O–H groups in total. The highest BCUT2D eigenvalue weighted by Gasteiger charge is 2.17. The SMILES string of the molecule is OCCc1cc(F)ccc1C1CNCCN1. The molecule has 2 rings (SSSR count). The fraction of sp³-hybridized carbons (Fsp3) is 0.500. The second-order valence-corrected chi connectivity index (χ2v) is 4.03. The Bertz CT molecular complexity index is 351. The van der Waals surface area contributed by atoms with Crippen LogP contribution >= 0.6 is 0 Å². The number of hydrogen-bond donors (Lipinski definition) is 3. The van der Waals surface area contributed by atoms with Crippen molar-refractivity contribution in [2.75, 3.05) is 26.2 Å². The maximum atomic E-state index is 13.1. The van der Waals surface area contributed by atoms with Gasteiger partial charge in [0, 0.05) is 32.3 Å². The fourth-order valence-electron chi connectivity index (χ4n) is 2.12. The molecule has 1 fully saturated rings. The van der Waals surface area contributed by atoms with Gasteiger partial charge >= 0.3 is 0 Å². The minimum absolute atomic E-state index is 0.0522. The van der Waals surface area contributed by atoms with Crippen molar-refractivity contribution in [1.29, 1.82) is 0 Å². The van der Waals surface area contributed by atoms with Crippen molar-refractivity contribution < 1.29 is 9.50 Å². The molecule has 16 heavy (non-hydrogen) atoms. The molecule has 1 saturated heterocycles. The lowest BCUT2D eigenvalue weighted by Gasteiger charge is -2.26. The zero-order chi connectivity index (χ0) is 11.4. The Hall–Kier alpha value is -0.970. The summed E-state index contributed by atoms with van der Waals surface area (Å²) in [6.07, 6.45) is 0.505. The van der Waals surface area contributed by atoms with Crippen LogP contribution in [0.15, 0.2) is 18.2 Å². The molecule has 0 spiro atoms. The van der Waals surface area contributed by atoms with Crippen LogP contribution in [-0.2, 0) is 6.42 Å². The first-order valence-corrected chi connectivity index (χ1v) is 5.64. The fourth-order valence-corrected chi connectivity index (χ4v) is 2.12. The summed E-state index contributed by atoms with van der Waals surface area (Å²) in [4.78, 5) is 0. The van der Waals surface area contributed by atoms with E-state index in [0.717, 1.165) is 30.8 Å². The van der Waals surface area contributed by atoms with E-state index in [0.29, 0.717) is 6.42 Å². The first-order valence-electron chi connectivity index (χ1n) is 5.64. The van der Waals surface area contributed by atoms with Gasteiger partial charge < -0.3 is 15.7 Å².